The van der Waals surface area contributed by atoms with Crippen molar-refractivity contribution in [1.29, 1.82) is 0 Å². The largest absolute Gasteiger partial charge is 0.416 e. The number of nitrogen functional groups attached to an aromatic ring is 1. The number of anilines is 1. The van der Waals surface area contributed by atoms with E-state index in [0.717, 1.165) is 17.7 Å². The van der Waals surface area contributed by atoms with Crippen LogP contribution in [0.15, 0.2) is 29.4 Å². The zero-order chi connectivity index (χ0) is 13.2. The van der Waals surface area contributed by atoms with E-state index in [1.54, 1.807) is 0 Å². The third-order valence-electron chi connectivity index (χ3n) is 2.13. The van der Waals surface area contributed by atoms with Crippen LogP contribution in [0.5, 0.6) is 0 Å². The van der Waals surface area contributed by atoms with Crippen LogP contribution in [0.4, 0.5) is 19.1 Å². The minimum absolute atomic E-state index is 0.213. The van der Waals surface area contributed by atoms with Gasteiger partial charge >= 0.3 is 6.18 Å². The molecule has 0 saturated carbocycles. The zero-order valence-electron chi connectivity index (χ0n) is 9.03. The molecule has 8 heteroatoms. The molecule has 1 heterocycles. The Balaban J connectivity index is 1.98. The Kier molecular flexibility index (Phi) is 3.46. The molecule has 0 spiro atoms. The normalized spacial score (nSPS) is 11.7. The second-order valence-electron chi connectivity index (χ2n) is 3.49. The third-order valence-corrected chi connectivity index (χ3v) is 3.05. The summed E-state index contributed by atoms with van der Waals surface area (Å²) in [7, 11) is 0. The van der Waals surface area contributed by atoms with Crippen molar-refractivity contribution in [3.63, 3.8) is 0 Å². The number of hydrogen-bond donors (Lipinski definition) is 2. The van der Waals surface area contributed by atoms with Crippen LogP contribution in [0.1, 0.15) is 11.1 Å². The van der Waals surface area contributed by atoms with Crippen LogP contribution < -0.4 is 5.73 Å². The molecule has 0 bridgehead atoms. The van der Waals surface area contributed by atoms with Gasteiger partial charge < -0.3 is 5.73 Å². The molecule has 0 amide bonds. The Labute approximate surface area is 105 Å². The molecule has 18 heavy (non-hydrogen) atoms. The first-order valence-corrected chi connectivity index (χ1v) is 5.90. The Bertz CT molecular complexity index is 521. The molecule has 4 nitrogen and oxygen atoms in total. The van der Waals surface area contributed by atoms with Gasteiger partial charge in [-0.15, -0.1) is 5.10 Å². The number of rotatable bonds is 3. The molecule has 96 valence electrons. The van der Waals surface area contributed by atoms with Gasteiger partial charge in [-0.2, -0.15) is 18.2 Å². The number of nitrogens with two attached hydrogens (primary N) is 1. The number of hydrogen-bond acceptors (Lipinski definition) is 4. The lowest BCUT2D eigenvalue weighted by Crippen LogP contribution is -2.04. The zero-order valence-corrected chi connectivity index (χ0v) is 9.85. The fourth-order valence-electron chi connectivity index (χ4n) is 1.26. The summed E-state index contributed by atoms with van der Waals surface area (Å²) >= 11 is 1.29. The van der Waals surface area contributed by atoms with E-state index in [-0.39, 0.29) is 5.95 Å². The summed E-state index contributed by atoms with van der Waals surface area (Å²) in [6.45, 7) is 0. The maximum atomic E-state index is 12.3. The lowest BCUT2D eigenvalue weighted by atomic mass is 10.1. The highest BCUT2D eigenvalue weighted by Gasteiger charge is 2.29. The van der Waals surface area contributed by atoms with Crippen LogP contribution >= 0.6 is 11.8 Å². The number of benzene rings is 1. The van der Waals surface area contributed by atoms with Crippen molar-refractivity contribution < 1.29 is 13.2 Å². The fourth-order valence-corrected chi connectivity index (χ4v) is 2.02. The molecule has 0 saturated heterocycles. The van der Waals surface area contributed by atoms with Crippen LogP contribution in [0, 0.1) is 0 Å². The lowest BCUT2D eigenvalue weighted by molar-refractivity contribution is -0.137. The number of aromatic amines is 1. The molecule has 0 unspecified atom stereocenters. The molecule has 0 aliphatic rings. The molecule has 1 aromatic carbocycles. The van der Waals surface area contributed by atoms with Crippen molar-refractivity contribution in [2.75, 3.05) is 5.73 Å². The summed E-state index contributed by atoms with van der Waals surface area (Å²) in [6, 6.07) is 4.99. The number of thioether (sulfide) groups is 1. The van der Waals surface area contributed by atoms with E-state index >= 15 is 0 Å². The second-order valence-corrected chi connectivity index (χ2v) is 4.43. The number of H-pyrrole nitrogens is 1. The number of nitrogens with one attached hydrogen (secondary N) is 1. The molecule has 2 rings (SSSR count). The van der Waals surface area contributed by atoms with Crippen molar-refractivity contribution in [3.05, 3.63) is 35.4 Å². The molecule has 0 radical (unpaired) electrons. The number of alkyl halides is 3. The summed E-state index contributed by atoms with van der Waals surface area (Å²) < 4.78 is 37.0. The Morgan fingerprint density at radius 3 is 2.39 bits per heavy atom. The second kappa shape index (κ2) is 4.89. The van der Waals surface area contributed by atoms with Gasteiger partial charge in [-0.3, -0.25) is 0 Å². The number of nitrogens with zero attached hydrogens (tertiary/aromatic N) is 2. The van der Waals surface area contributed by atoms with Gasteiger partial charge in [0.25, 0.3) is 0 Å². The van der Waals surface area contributed by atoms with E-state index in [1.165, 1.54) is 23.9 Å². The van der Waals surface area contributed by atoms with Gasteiger partial charge in [0, 0.05) is 5.75 Å². The van der Waals surface area contributed by atoms with Gasteiger partial charge in [-0.1, -0.05) is 23.9 Å². The van der Waals surface area contributed by atoms with Crippen LogP contribution in [0.3, 0.4) is 0 Å². The van der Waals surface area contributed by atoms with E-state index < -0.39 is 11.7 Å². The molecule has 0 atom stereocenters. The molecule has 0 fully saturated rings. The molecule has 1 aromatic heterocycles. The van der Waals surface area contributed by atoms with Crippen molar-refractivity contribution >= 4 is 17.7 Å². The molecule has 2 aromatic rings. The first-order chi connectivity index (χ1) is 8.45. The van der Waals surface area contributed by atoms with Crippen LogP contribution in [0.25, 0.3) is 0 Å². The third kappa shape index (κ3) is 3.16. The van der Waals surface area contributed by atoms with Gasteiger partial charge in [0.1, 0.15) is 0 Å². The van der Waals surface area contributed by atoms with E-state index in [1.807, 2.05) is 0 Å². The highest BCUT2D eigenvalue weighted by molar-refractivity contribution is 7.98. The minimum Gasteiger partial charge on any atom is -0.368 e. The smallest absolute Gasteiger partial charge is 0.368 e. The number of halogens is 3. The average Bonchev–Trinajstić information content (AvgIpc) is 2.72. The van der Waals surface area contributed by atoms with Crippen LogP contribution in [0.2, 0.25) is 0 Å². The first kappa shape index (κ1) is 12.7. The molecular weight excluding hydrogens is 265 g/mol. The van der Waals surface area contributed by atoms with Gasteiger partial charge in [0.05, 0.1) is 5.56 Å². The molecule has 0 aliphatic carbocycles. The average molecular weight is 274 g/mol. The predicted octanol–water partition coefficient (Wildman–Crippen LogP) is 2.70. The standard InChI is InChI=1S/C10H9F3N4S/c11-10(12,13)7-3-1-6(2-4-7)5-18-9-15-8(14)16-17-9/h1-4H,5H2,(H3,14,15,16,17). The molecule has 0 aliphatic heterocycles. The monoisotopic (exact) mass is 274 g/mol. The predicted molar refractivity (Wildman–Crippen MR) is 61.8 cm³/mol. The maximum Gasteiger partial charge on any atom is 0.416 e. The van der Waals surface area contributed by atoms with Crippen molar-refractivity contribution in [2.24, 2.45) is 0 Å². The van der Waals surface area contributed by atoms with Gasteiger partial charge in [0.15, 0.2) is 0 Å². The highest BCUT2D eigenvalue weighted by Crippen LogP contribution is 2.29. The summed E-state index contributed by atoms with van der Waals surface area (Å²) in [6.07, 6.45) is -4.30. The quantitative estimate of drug-likeness (QED) is 0.844. The summed E-state index contributed by atoms with van der Waals surface area (Å²) in [5, 5.41) is 6.76. The SMILES string of the molecule is Nc1nc(SCc2ccc(C(F)(F)F)cc2)n[nH]1. The summed E-state index contributed by atoms with van der Waals surface area (Å²) in [5.41, 5.74) is 5.45. The topological polar surface area (TPSA) is 67.6 Å². The maximum absolute atomic E-state index is 12.3. The highest BCUT2D eigenvalue weighted by atomic mass is 32.2. The van der Waals surface area contributed by atoms with E-state index in [4.69, 9.17) is 5.73 Å². The Hall–Kier alpha value is -1.70. The molecular formula is C10H9F3N4S. The minimum atomic E-state index is -4.30. The van der Waals surface area contributed by atoms with Gasteiger partial charge in [0.2, 0.25) is 11.1 Å². The van der Waals surface area contributed by atoms with E-state index in [0.29, 0.717) is 10.9 Å². The summed E-state index contributed by atoms with van der Waals surface area (Å²) in [5.74, 6) is 0.694. The molecule has 3 N–H and O–H groups in total. The Morgan fingerprint density at radius 2 is 1.89 bits per heavy atom. The first-order valence-electron chi connectivity index (χ1n) is 4.92. The van der Waals surface area contributed by atoms with Crippen LogP contribution in [-0.2, 0) is 11.9 Å². The van der Waals surface area contributed by atoms with E-state index in [2.05, 4.69) is 15.2 Å². The van der Waals surface area contributed by atoms with Gasteiger partial charge in [-0.05, 0) is 17.7 Å². The van der Waals surface area contributed by atoms with Crippen LogP contribution in [-0.4, -0.2) is 15.2 Å². The van der Waals surface area contributed by atoms with Crippen molar-refractivity contribution in [1.82, 2.24) is 15.2 Å². The van der Waals surface area contributed by atoms with E-state index in [9.17, 15) is 13.2 Å². The summed E-state index contributed by atoms with van der Waals surface area (Å²) in [4.78, 5) is 3.88. The van der Waals surface area contributed by atoms with Gasteiger partial charge in [-0.25, -0.2) is 5.10 Å². The van der Waals surface area contributed by atoms with Crippen molar-refractivity contribution in [3.8, 4) is 0 Å². The lowest BCUT2D eigenvalue weighted by Gasteiger charge is -2.06. The van der Waals surface area contributed by atoms with Crippen molar-refractivity contribution in [2.45, 2.75) is 17.1 Å². The Morgan fingerprint density at radius 1 is 1.22 bits per heavy atom. The number of aromatic nitrogens is 3. The fraction of sp³-hybridized carbons (Fsp3) is 0.200.